The van der Waals surface area contributed by atoms with E-state index < -0.39 is 40.6 Å². The standard InChI is InChI=1S/C28H18ClF3N2O3S2/c29-18-11-9-16(10-12-18)20-21-22(25(36)34(24(21)35)19-8-4-7-17(13-19)28(30,31)32)38-26-23(20)39-27(37)33(26)14-15-5-2-1-3-6-15/h1-13,20-22H,14H2/t20-,21-,22+/m0/s1. The summed E-state index contributed by atoms with van der Waals surface area (Å²) in [7, 11) is 0. The molecule has 3 aromatic carbocycles. The van der Waals surface area contributed by atoms with Gasteiger partial charge in [-0.3, -0.25) is 19.0 Å². The van der Waals surface area contributed by atoms with E-state index in [1.54, 1.807) is 28.8 Å². The first-order valence-corrected chi connectivity index (χ1v) is 14.0. The number of carbonyl (C=O) groups excluding carboxylic acids is 2. The predicted octanol–water partition coefficient (Wildman–Crippen LogP) is 6.43. The number of rotatable bonds is 4. The third-order valence-electron chi connectivity index (χ3n) is 6.89. The van der Waals surface area contributed by atoms with Gasteiger partial charge in [0.15, 0.2) is 0 Å². The Balaban J connectivity index is 1.48. The first-order chi connectivity index (χ1) is 18.6. The van der Waals surface area contributed by atoms with Crippen molar-refractivity contribution in [2.24, 2.45) is 5.92 Å². The van der Waals surface area contributed by atoms with Gasteiger partial charge in [-0.15, -0.1) is 0 Å². The highest BCUT2D eigenvalue weighted by Crippen LogP contribution is 2.54. The molecule has 2 amide bonds. The summed E-state index contributed by atoms with van der Waals surface area (Å²) in [5.41, 5.74) is 0.504. The molecule has 0 N–H and O–H groups in total. The van der Waals surface area contributed by atoms with Crippen LogP contribution < -0.4 is 9.77 Å². The number of aromatic nitrogens is 1. The fourth-order valence-electron chi connectivity index (χ4n) is 5.13. The highest BCUT2D eigenvalue weighted by molar-refractivity contribution is 8.00. The number of imide groups is 1. The molecule has 0 radical (unpaired) electrons. The lowest BCUT2D eigenvalue weighted by molar-refractivity contribution is -0.137. The number of thioether (sulfide) groups is 1. The van der Waals surface area contributed by atoms with Crippen LogP contribution in [-0.4, -0.2) is 21.6 Å². The Kier molecular flexibility index (Phi) is 6.44. The van der Waals surface area contributed by atoms with Gasteiger partial charge in [0.1, 0.15) is 5.25 Å². The van der Waals surface area contributed by atoms with Gasteiger partial charge >= 0.3 is 11.0 Å². The van der Waals surface area contributed by atoms with E-state index >= 15 is 0 Å². The summed E-state index contributed by atoms with van der Waals surface area (Å²) >= 11 is 8.26. The van der Waals surface area contributed by atoms with Gasteiger partial charge in [0, 0.05) is 15.8 Å². The maximum Gasteiger partial charge on any atom is 0.416 e. The predicted molar refractivity (Wildman–Crippen MR) is 144 cm³/mol. The average molecular weight is 587 g/mol. The van der Waals surface area contributed by atoms with Gasteiger partial charge in [-0.2, -0.15) is 13.2 Å². The van der Waals surface area contributed by atoms with Gasteiger partial charge in [0.05, 0.1) is 28.7 Å². The Morgan fingerprint density at radius 3 is 2.28 bits per heavy atom. The average Bonchev–Trinajstić information content (AvgIpc) is 3.35. The molecule has 4 aromatic rings. The molecule has 11 heteroatoms. The SMILES string of the molecule is O=C1[C@H]2[C@H](c3ccc(Cl)cc3)c3sc(=O)n(Cc4ccccc4)c3S[C@H]2C(=O)N1c1cccc(C(F)(F)F)c1. The summed E-state index contributed by atoms with van der Waals surface area (Å²) in [6.07, 6.45) is -4.63. The number of benzene rings is 3. The van der Waals surface area contributed by atoms with Crippen LogP contribution in [0.4, 0.5) is 18.9 Å². The third-order valence-corrected chi connectivity index (χ3v) is 9.75. The molecule has 1 fully saturated rings. The van der Waals surface area contributed by atoms with E-state index in [9.17, 15) is 27.6 Å². The normalized spacial score (nSPS) is 20.7. The maximum atomic E-state index is 13.9. The van der Waals surface area contributed by atoms with Crippen LogP contribution in [0.1, 0.15) is 27.5 Å². The molecular formula is C28H18ClF3N2O3S2. The van der Waals surface area contributed by atoms with E-state index in [4.69, 9.17) is 11.6 Å². The Morgan fingerprint density at radius 2 is 1.59 bits per heavy atom. The molecule has 3 atom stereocenters. The molecule has 0 unspecified atom stereocenters. The monoisotopic (exact) mass is 586 g/mol. The highest BCUT2D eigenvalue weighted by atomic mass is 35.5. The zero-order chi connectivity index (χ0) is 27.5. The second-order valence-corrected chi connectivity index (χ2v) is 11.8. The first-order valence-electron chi connectivity index (χ1n) is 11.9. The topological polar surface area (TPSA) is 59.4 Å². The van der Waals surface area contributed by atoms with Crippen molar-refractivity contribution in [2.75, 3.05) is 4.90 Å². The molecule has 39 heavy (non-hydrogen) atoms. The van der Waals surface area contributed by atoms with Gasteiger partial charge in [0.25, 0.3) is 0 Å². The number of thiazole rings is 1. The molecule has 0 saturated carbocycles. The third kappa shape index (κ3) is 4.50. The van der Waals surface area contributed by atoms with E-state index in [0.717, 1.165) is 45.7 Å². The smallest absolute Gasteiger partial charge is 0.289 e. The van der Waals surface area contributed by atoms with E-state index in [0.29, 0.717) is 20.5 Å². The zero-order valence-corrected chi connectivity index (χ0v) is 22.3. The van der Waals surface area contributed by atoms with E-state index in [2.05, 4.69) is 0 Å². The molecule has 5 nitrogen and oxygen atoms in total. The van der Waals surface area contributed by atoms with Gasteiger partial charge in [-0.1, -0.05) is 83.2 Å². The number of halogens is 4. The minimum Gasteiger partial charge on any atom is -0.289 e. The Hall–Kier alpha value is -3.34. The molecule has 2 aliphatic heterocycles. The quantitative estimate of drug-likeness (QED) is 0.259. The van der Waals surface area contributed by atoms with Gasteiger partial charge in [0.2, 0.25) is 11.8 Å². The Morgan fingerprint density at radius 1 is 0.872 bits per heavy atom. The minimum atomic E-state index is -4.63. The lowest BCUT2D eigenvalue weighted by Crippen LogP contribution is -2.32. The molecule has 198 valence electrons. The summed E-state index contributed by atoms with van der Waals surface area (Å²) in [5.74, 6) is -2.76. The number of amides is 2. The maximum absolute atomic E-state index is 13.9. The fourth-order valence-corrected chi connectivity index (χ4v) is 8.03. The van der Waals surface area contributed by atoms with E-state index in [1.165, 1.54) is 12.1 Å². The first kappa shape index (κ1) is 25.9. The Bertz CT molecular complexity index is 1650. The summed E-state index contributed by atoms with van der Waals surface area (Å²) in [5, 5.41) is 0.147. The van der Waals surface area contributed by atoms with Crippen LogP contribution in [0.2, 0.25) is 5.02 Å². The molecule has 3 heterocycles. The number of hydrogen-bond donors (Lipinski definition) is 0. The lowest BCUT2D eigenvalue weighted by Gasteiger charge is -2.30. The number of carbonyl (C=O) groups is 2. The second kappa shape index (κ2) is 9.69. The van der Waals surface area contributed by atoms with Crippen molar-refractivity contribution in [3.8, 4) is 0 Å². The van der Waals surface area contributed by atoms with Crippen LogP contribution in [0.15, 0.2) is 88.7 Å². The van der Waals surface area contributed by atoms with E-state index in [1.807, 2.05) is 30.3 Å². The summed E-state index contributed by atoms with van der Waals surface area (Å²) in [6, 6.07) is 20.4. The van der Waals surface area contributed by atoms with Crippen LogP contribution in [0.3, 0.4) is 0 Å². The molecule has 0 spiro atoms. The van der Waals surface area contributed by atoms with Gasteiger partial charge in [-0.25, -0.2) is 4.90 Å². The number of hydrogen-bond acceptors (Lipinski definition) is 5. The largest absolute Gasteiger partial charge is 0.416 e. The molecular weight excluding hydrogens is 569 g/mol. The number of alkyl halides is 3. The number of fused-ring (bicyclic) bond motifs is 2. The van der Waals surface area contributed by atoms with Crippen molar-refractivity contribution < 1.29 is 22.8 Å². The van der Waals surface area contributed by atoms with Gasteiger partial charge < -0.3 is 0 Å². The fraction of sp³-hybridized carbons (Fsp3) is 0.179. The molecule has 1 aromatic heterocycles. The van der Waals surface area contributed by atoms with Crippen LogP contribution >= 0.6 is 34.7 Å². The van der Waals surface area contributed by atoms with Crippen molar-refractivity contribution in [3.63, 3.8) is 0 Å². The Labute approximate surface area is 233 Å². The van der Waals surface area contributed by atoms with E-state index in [-0.39, 0.29) is 17.1 Å². The van der Waals surface area contributed by atoms with Crippen molar-refractivity contribution in [1.82, 2.24) is 4.57 Å². The van der Waals surface area contributed by atoms with Crippen molar-refractivity contribution in [2.45, 2.75) is 28.9 Å². The lowest BCUT2D eigenvalue weighted by atomic mass is 9.83. The molecule has 6 rings (SSSR count). The van der Waals surface area contributed by atoms with Gasteiger partial charge in [-0.05, 0) is 41.5 Å². The molecule has 2 aliphatic rings. The van der Waals surface area contributed by atoms with Crippen molar-refractivity contribution in [1.29, 1.82) is 0 Å². The summed E-state index contributed by atoms with van der Waals surface area (Å²) in [4.78, 5) is 42.1. The van der Waals surface area contributed by atoms with Crippen LogP contribution in [0.25, 0.3) is 0 Å². The van der Waals surface area contributed by atoms with Crippen LogP contribution in [-0.2, 0) is 22.3 Å². The van der Waals surface area contributed by atoms with Crippen LogP contribution in [0, 0.1) is 5.92 Å². The zero-order valence-electron chi connectivity index (χ0n) is 19.9. The van der Waals surface area contributed by atoms with Crippen molar-refractivity contribution >= 4 is 52.2 Å². The van der Waals surface area contributed by atoms with Crippen LogP contribution in [0.5, 0.6) is 0 Å². The summed E-state index contributed by atoms with van der Waals surface area (Å²) < 4.78 is 41.9. The summed E-state index contributed by atoms with van der Waals surface area (Å²) in [6.45, 7) is 0.280. The van der Waals surface area contributed by atoms with Crippen molar-refractivity contribution in [3.05, 3.63) is 115 Å². The second-order valence-electron chi connectivity index (χ2n) is 9.26. The molecule has 0 aliphatic carbocycles. The minimum absolute atomic E-state index is 0.130. The number of nitrogens with zero attached hydrogens (tertiary/aromatic N) is 2. The highest BCUT2D eigenvalue weighted by Gasteiger charge is 2.57. The molecule has 0 bridgehead atoms. The molecule has 1 saturated heterocycles. The number of anilines is 1.